The summed E-state index contributed by atoms with van der Waals surface area (Å²) in [4.78, 5) is 29.3. The molecular weight excluding hydrogens is 250 g/mol. The Bertz CT molecular complexity index is 624. The highest BCUT2D eigenvalue weighted by molar-refractivity contribution is 5.91. The van der Waals surface area contributed by atoms with Crippen LogP contribution in [0, 0.1) is 0 Å². The van der Waals surface area contributed by atoms with Crippen LogP contribution in [0.2, 0.25) is 0 Å². The van der Waals surface area contributed by atoms with Crippen LogP contribution in [0.25, 0.3) is 10.9 Å². The summed E-state index contributed by atoms with van der Waals surface area (Å²) in [5.74, 6) is -2.78. The molecule has 19 heavy (non-hydrogen) atoms. The first kappa shape index (κ1) is 12.7. The molecule has 2 aromatic rings. The Morgan fingerprint density at radius 3 is 2.63 bits per heavy atom. The van der Waals surface area contributed by atoms with Gasteiger partial charge < -0.3 is 25.1 Å². The minimum absolute atomic E-state index is 0.237. The zero-order valence-electron chi connectivity index (χ0n) is 9.70. The number of rotatable bonds is 5. The second-order valence-electron chi connectivity index (χ2n) is 3.83. The van der Waals surface area contributed by atoms with E-state index in [1.807, 2.05) is 0 Å². The van der Waals surface area contributed by atoms with E-state index in [-0.39, 0.29) is 5.82 Å². The van der Waals surface area contributed by atoms with Crippen molar-refractivity contribution < 1.29 is 19.8 Å². The highest BCUT2D eigenvalue weighted by atomic mass is 16.4. The van der Waals surface area contributed by atoms with E-state index in [0.29, 0.717) is 10.9 Å². The molecule has 0 aliphatic carbocycles. The number of carboxylic acids is 2. The molecule has 0 radical (unpaired) electrons. The molecule has 0 aliphatic heterocycles. The first-order chi connectivity index (χ1) is 9.08. The smallest absolute Gasteiger partial charge is 0.137 e. The first-order valence-electron chi connectivity index (χ1n) is 5.45. The van der Waals surface area contributed by atoms with Gasteiger partial charge in [0.25, 0.3) is 0 Å². The fourth-order valence-electron chi connectivity index (χ4n) is 1.64. The van der Waals surface area contributed by atoms with Crippen molar-refractivity contribution in [2.24, 2.45) is 0 Å². The summed E-state index contributed by atoms with van der Waals surface area (Å²) in [7, 11) is 0. The van der Waals surface area contributed by atoms with Crippen LogP contribution in [0.5, 0.6) is 0 Å². The molecule has 0 aliphatic rings. The number of para-hydroxylation sites is 1. The predicted octanol–water partition coefficient (Wildman–Crippen LogP) is -1.70. The van der Waals surface area contributed by atoms with E-state index in [1.165, 1.54) is 6.33 Å². The first-order valence-corrected chi connectivity index (χ1v) is 5.45. The maximum atomic E-state index is 10.9. The summed E-state index contributed by atoms with van der Waals surface area (Å²) in [6, 6.07) is 5.53. The Hall–Kier alpha value is -2.70. The average molecular weight is 259 g/mol. The molecule has 1 unspecified atom stereocenters. The molecule has 1 atom stereocenters. The van der Waals surface area contributed by atoms with E-state index in [4.69, 9.17) is 0 Å². The highest BCUT2D eigenvalue weighted by Gasteiger charge is 2.12. The minimum Gasteiger partial charge on any atom is -0.550 e. The molecule has 1 aromatic carbocycles. The van der Waals surface area contributed by atoms with Crippen molar-refractivity contribution in [3.63, 3.8) is 0 Å². The lowest BCUT2D eigenvalue weighted by Gasteiger charge is -2.21. The second-order valence-corrected chi connectivity index (χ2v) is 3.83. The molecule has 98 valence electrons. The Morgan fingerprint density at radius 2 is 1.95 bits per heavy atom. The third kappa shape index (κ3) is 2.95. The van der Waals surface area contributed by atoms with Gasteiger partial charge in [0.1, 0.15) is 12.1 Å². The Morgan fingerprint density at radius 1 is 1.21 bits per heavy atom. The van der Waals surface area contributed by atoms with Crippen molar-refractivity contribution in [3.8, 4) is 0 Å². The van der Waals surface area contributed by atoms with Gasteiger partial charge in [-0.2, -0.15) is 0 Å². The van der Waals surface area contributed by atoms with Crippen LogP contribution in [-0.4, -0.2) is 27.9 Å². The largest absolute Gasteiger partial charge is 0.550 e. The zero-order valence-corrected chi connectivity index (χ0v) is 9.70. The van der Waals surface area contributed by atoms with E-state index in [2.05, 4.69) is 15.3 Å². The summed E-state index contributed by atoms with van der Waals surface area (Å²) < 4.78 is 0. The lowest BCUT2D eigenvalue weighted by molar-refractivity contribution is -0.316. The van der Waals surface area contributed by atoms with E-state index < -0.39 is 24.4 Å². The quantitative estimate of drug-likeness (QED) is 0.679. The van der Waals surface area contributed by atoms with Crippen molar-refractivity contribution in [3.05, 3.63) is 30.6 Å². The Balaban J connectivity index is 2.33. The molecule has 0 bridgehead atoms. The molecule has 7 nitrogen and oxygen atoms in total. The van der Waals surface area contributed by atoms with Crippen molar-refractivity contribution in [1.82, 2.24) is 9.97 Å². The van der Waals surface area contributed by atoms with Crippen molar-refractivity contribution in [2.75, 3.05) is 5.32 Å². The van der Waals surface area contributed by atoms with Crippen molar-refractivity contribution >= 4 is 28.7 Å². The second kappa shape index (κ2) is 5.30. The number of nitrogens with zero attached hydrogens (tertiary/aromatic N) is 2. The number of carbonyl (C=O) groups is 2. The summed E-state index contributed by atoms with van der Waals surface area (Å²) in [5.41, 5.74) is 0.616. The van der Waals surface area contributed by atoms with Crippen LogP contribution in [0.3, 0.4) is 0 Å². The zero-order chi connectivity index (χ0) is 13.8. The van der Waals surface area contributed by atoms with Gasteiger partial charge in [-0.05, 0) is 12.1 Å². The molecule has 1 N–H and O–H groups in total. The summed E-state index contributed by atoms with van der Waals surface area (Å²) in [6.45, 7) is 0. The Kier molecular flexibility index (Phi) is 3.56. The van der Waals surface area contributed by atoms with Crippen LogP contribution >= 0.6 is 0 Å². The van der Waals surface area contributed by atoms with E-state index in [1.54, 1.807) is 24.3 Å². The number of hydrogen-bond donors (Lipinski definition) is 1. The number of aromatic nitrogens is 2. The Labute approximate surface area is 107 Å². The number of hydrogen-bond acceptors (Lipinski definition) is 7. The third-order valence-electron chi connectivity index (χ3n) is 2.51. The molecule has 0 spiro atoms. The fraction of sp³-hybridized carbons (Fsp3) is 0.167. The molecule has 0 saturated heterocycles. The molecule has 0 saturated carbocycles. The van der Waals surface area contributed by atoms with Gasteiger partial charge in [-0.3, -0.25) is 0 Å². The van der Waals surface area contributed by atoms with Gasteiger partial charge in [-0.15, -0.1) is 0 Å². The molecule has 1 heterocycles. The number of aliphatic carboxylic acids is 2. The number of anilines is 1. The molecule has 2 rings (SSSR count). The molecule has 0 amide bonds. The number of benzene rings is 1. The molecule has 7 heteroatoms. The van der Waals surface area contributed by atoms with E-state index in [0.717, 1.165) is 0 Å². The SMILES string of the molecule is O=C([O-])CC(Nc1ncnc2ccccc12)C(=O)[O-]. The van der Waals surface area contributed by atoms with Crippen LogP contribution in [-0.2, 0) is 9.59 Å². The lowest BCUT2D eigenvalue weighted by atomic mass is 10.2. The van der Waals surface area contributed by atoms with Gasteiger partial charge in [-0.1, -0.05) is 12.1 Å². The van der Waals surface area contributed by atoms with Gasteiger partial charge >= 0.3 is 0 Å². The van der Waals surface area contributed by atoms with Gasteiger partial charge in [0.05, 0.1) is 17.5 Å². The normalized spacial score (nSPS) is 12.0. The van der Waals surface area contributed by atoms with Crippen molar-refractivity contribution in [2.45, 2.75) is 12.5 Å². The van der Waals surface area contributed by atoms with Crippen LogP contribution < -0.4 is 15.5 Å². The van der Waals surface area contributed by atoms with Gasteiger partial charge in [0.2, 0.25) is 0 Å². The topological polar surface area (TPSA) is 118 Å². The lowest BCUT2D eigenvalue weighted by Crippen LogP contribution is -2.44. The summed E-state index contributed by atoms with van der Waals surface area (Å²) >= 11 is 0. The predicted molar refractivity (Wildman–Crippen MR) is 61.6 cm³/mol. The molecule has 1 aromatic heterocycles. The van der Waals surface area contributed by atoms with E-state index >= 15 is 0 Å². The van der Waals surface area contributed by atoms with Crippen molar-refractivity contribution in [1.29, 1.82) is 0 Å². The third-order valence-corrected chi connectivity index (χ3v) is 2.51. The maximum absolute atomic E-state index is 10.9. The van der Waals surface area contributed by atoms with Crippen LogP contribution in [0.1, 0.15) is 6.42 Å². The number of nitrogens with one attached hydrogen (secondary N) is 1. The minimum atomic E-state index is -1.54. The van der Waals surface area contributed by atoms with Gasteiger partial charge in [0.15, 0.2) is 0 Å². The molecular formula is C12H9N3O4-2. The maximum Gasteiger partial charge on any atom is 0.137 e. The van der Waals surface area contributed by atoms with E-state index in [9.17, 15) is 19.8 Å². The fourth-order valence-corrected chi connectivity index (χ4v) is 1.64. The van der Waals surface area contributed by atoms with Gasteiger partial charge in [0, 0.05) is 17.8 Å². The molecule has 0 fully saturated rings. The number of fused-ring (bicyclic) bond motifs is 1. The van der Waals surface area contributed by atoms with Gasteiger partial charge in [-0.25, -0.2) is 9.97 Å². The summed E-state index contributed by atoms with van der Waals surface area (Å²) in [6.07, 6.45) is 0.552. The van der Waals surface area contributed by atoms with Crippen LogP contribution in [0.15, 0.2) is 30.6 Å². The number of carbonyl (C=O) groups excluding carboxylic acids is 2. The average Bonchev–Trinajstić information content (AvgIpc) is 2.37. The standard InChI is InChI=1S/C12H11N3O4/c16-10(17)5-9(12(18)19)15-11-7-3-1-2-4-8(7)13-6-14-11/h1-4,6,9H,5H2,(H,16,17)(H,18,19)(H,13,14,15)/p-2. The van der Waals surface area contributed by atoms with Crippen LogP contribution in [0.4, 0.5) is 5.82 Å². The highest BCUT2D eigenvalue weighted by Crippen LogP contribution is 2.19. The number of carboxylic acid groups (broad SMARTS) is 2. The monoisotopic (exact) mass is 259 g/mol. The summed E-state index contributed by atoms with van der Waals surface area (Å²) in [5, 5.41) is 24.5.